The van der Waals surface area contributed by atoms with Gasteiger partial charge in [-0.3, -0.25) is 4.79 Å². The Kier molecular flexibility index (Phi) is 4.04. The van der Waals surface area contributed by atoms with E-state index in [4.69, 9.17) is 9.47 Å². The van der Waals surface area contributed by atoms with Crippen molar-refractivity contribution in [2.75, 3.05) is 18.5 Å². The van der Waals surface area contributed by atoms with Crippen LogP contribution in [0.3, 0.4) is 0 Å². The first-order valence-electron chi connectivity index (χ1n) is 8.14. The number of hydrogen-bond acceptors (Lipinski definition) is 4. The van der Waals surface area contributed by atoms with Crippen LogP contribution in [0.1, 0.15) is 16.1 Å². The fraction of sp³-hybridized carbons (Fsp3) is 0.158. The van der Waals surface area contributed by atoms with E-state index >= 15 is 0 Å². The molecule has 0 aliphatic carbocycles. The second kappa shape index (κ2) is 6.51. The standard InChI is InChI=1S/C19H16FN3O3/c1-12-15(11-21-23(12)16-5-3-2-4-14(16)20)22-19(24)13-6-7-17-18(10-13)26-9-8-25-17/h2-7,10-11H,8-9H2,1H3,(H,22,24). The molecule has 1 aliphatic heterocycles. The number of benzene rings is 2. The SMILES string of the molecule is Cc1c(NC(=O)c2ccc3c(c2)OCCO3)cnn1-c1ccccc1F. The number of para-hydroxylation sites is 1. The fourth-order valence-electron chi connectivity index (χ4n) is 2.78. The molecule has 1 aliphatic rings. The maximum absolute atomic E-state index is 14.0. The Balaban J connectivity index is 1.58. The van der Waals surface area contributed by atoms with E-state index in [-0.39, 0.29) is 11.7 Å². The second-order valence-electron chi connectivity index (χ2n) is 5.82. The van der Waals surface area contributed by atoms with Gasteiger partial charge in [0.15, 0.2) is 11.5 Å². The van der Waals surface area contributed by atoms with E-state index in [2.05, 4.69) is 10.4 Å². The highest BCUT2D eigenvalue weighted by atomic mass is 19.1. The molecule has 1 N–H and O–H groups in total. The van der Waals surface area contributed by atoms with Crippen LogP contribution in [0.4, 0.5) is 10.1 Å². The van der Waals surface area contributed by atoms with Crippen LogP contribution in [0.15, 0.2) is 48.7 Å². The maximum atomic E-state index is 14.0. The van der Waals surface area contributed by atoms with Crippen molar-refractivity contribution in [3.8, 4) is 17.2 Å². The van der Waals surface area contributed by atoms with Gasteiger partial charge in [0, 0.05) is 5.56 Å². The number of fused-ring (bicyclic) bond motifs is 1. The lowest BCUT2D eigenvalue weighted by molar-refractivity contribution is 0.102. The molecule has 0 unspecified atom stereocenters. The van der Waals surface area contributed by atoms with E-state index in [1.54, 1.807) is 43.3 Å². The summed E-state index contributed by atoms with van der Waals surface area (Å²) in [4.78, 5) is 12.5. The molecule has 26 heavy (non-hydrogen) atoms. The van der Waals surface area contributed by atoms with Crippen LogP contribution in [-0.4, -0.2) is 28.9 Å². The van der Waals surface area contributed by atoms with Gasteiger partial charge in [0.25, 0.3) is 5.91 Å². The molecule has 6 nitrogen and oxygen atoms in total. The number of anilines is 1. The van der Waals surface area contributed by atoms with Gasteiger partial charge in [-0.25, -0.2) is 9.07 Å². The van der Waals surface area contributed by atoms with E-state index in [0.717, 1.165) is 0 Å². The summed E-state index contributed by atoms with van der Waals surface area (Å²) in [5, 5.41) is 6.98. The van der Waals surface area contributed by atoms with Crippen LogP contribution in [-0.2, 0) is 0 Å². The highest BCUT2D eigenvalue weighted by molar-refractivity contribution is 6.04. The molecule has 0 spiro atoms. The molecule has 2 heterocycles. The number of hydrogen-bond donors (Lipinski definition) is 1. The molecule has 7 heteroatoms. The highest BCUT2D eigenvalue weighted by Gasteiger charge is 2.17. The second-order valence-corrected chi connectivity index (χ2v) is 5.82. The van der Waals surface area contributed by atoms with Crippen LogP contribution in [0.2, 0.25) is 0 Å². The van der Waals surface area contributed by atoms with Crippen molar-refractivity contribution in [1.29, 1.82) is 0 Å². The molecular formula is C19H16FN3O3. The predicted molar refractivity (Wildman–Crippen MR) is 93.6 cm³/mol. The van der Waals surface area contributed by atoms with Crippen molar-refractivity contribution in [3.05, 3.63) is 65.7 Å². The number of aromatic nitrogens is 2. The van der Waals surface area contributed by atoms with Gasteiger partial charge in [-0.05, 0) is 37.3 Å². The summed E-state index contributed by atoms with van der Waals surface area (Å²) < 4.78 is 26.4. The quantitative estimate of drug-likeness (QED) is 0.784. The van der Waals surface area contributed by atoms with Crippen molar-refractivity contribution in [1.82, 2.24) is 9.78 Å². The minimum atomic E-state index is -0.386. The molecule has 3 aromatic rings. The summed E-state index contributed by atoms with van der Waals surface area (Å²) in [6.07, 6.45) is 1.50. The molecule has 2 aromatic carbocycles. The molecule has 0 bridgehead atoms. The summed E-state index contributed by atoms with van der Waals surface area (Å²) in [5.74, 6) is 0.473. The number of nitrogens with one attached hydrogen (secondary N) is 1. The number of nitrogens with zero attached hydrogens (tertiary/aromatic N) is 2. The number of rotatable bonds is 3. The van der Waals surface area contributed by atoms with Gasteiger partial charge in [-0.1, -0.05) is 12.1 Å². The van der Waals surface area contributed by atoms with Crippen LogP contribution >= 0.6 is 0 Å². The van der Waals surface area contributed by atoms with Crippen molar-refractivity contribution < 1.29 is 18.7 Å². The first-order chi connectivity index (χ1) is 12.6. The monoisotopic (exact) mass is 353 g/mol. The Morgan fingerprint density at radius 3 is 2.73 bits per heavy atom. The van der Waals surface area contributed by atoms with Gasteiger partial charge in [-0.2, -0.15) is 5.10 Å². The third kappa shape index (κ3) is 2.88. The van der Waals surface area contributed by atoms with Crippen molar-refractivity contribution in [2.24, 2.45) is 0 Å². The van der Waals surface area contributed by atoms with Gasteiger partial charge < -0.3 is 14.8 Å². The topological polar surface area (TPSA) is 65.4 Å². The largest absolute Gasteiger partial charge is 0.486 e. The van der Waals surface area contributed by atoms with Gasteiger partial charge in [0.05, 0.1) is 17.6 Å². The minimum Gasteiger partial charge on any atom is -0.486 e. The number of amides is 1. The number of carbonyl (C=O) groups excluding carboxylic acids is 1. The van der Waals surface area contributed by atoms with Gasteiger partial charge in [0.1, 0.15) is 24.7 Å². The Morgan fingerprint density at radius 2 is 1.92 bits per heavy atom. The van der Waals surface area contributed by atoms with Crippen molar-refractivity contribution >= 4 is 11.6 Å². The number of carbonyl (C=O) groups is 1. The first kappa shape index (κ1) is 16.1. The third-order valence-electron chi connectivity index (χ3n) is 4.14. The Hall–Kier alpha value is -3.35. The molecular weight excluding hydrogens is 337 g/mol. The summed E-state index contributed by atoms with van der Waals surface area (Å²) >= 11 is 0. The average molecular weight is 353 g/mol. The zero-order valence-corrected chi connectivity index (χ0v) is 14.0. The van der Waals surface area contributed by atoms with Gasteiger partial charge in [-0.15, -0.1) is 0 Å². The van der Waals surface area contributed by atoms with Crippen LogP contribution < -0.4 is 14.8 Å². The molecule has 132 valence electrons. The van der Waals surface area contributed by atoms with Crippen LogP contribution in [0.5, 0.6) is 11.5 Å². The predicted octanol–water partition coefficient (Wildman–Crippen LogP) is 3.34. The van der Waals surface area contributed by atoms with E-state index < -0.39 is 0 Å². The molecule has 0 saturated carbocycles. The lowest BCUT2D eigenvalue weighted by atomic mass is 10.1. The summed E-state index contributed by atoms with van der Waals surface area (Å²) in [5.41, 5.74) is 1.89. The normalized spacial score (nSPS) is 12.7. The zero-order valence-electron chi connectivity index (χ0n) is 14.0. The number of halogens is 1. The van der Waals surface area contributed by atoms with Crippen molar-refractivity contribution in [3.63, 3.8) is 0 Å². The molecule has 4 rings (SSSR count). The van der Waals surface area contributed by atoms with Crippen LogP contribution in [0.25, 0.3) is 5.69 Å². The smallest absolute Gasteiger partial charge is 0.255 e. The van der Waals surface area contributed by atoms with Crippen molar-refractivity contribution in [2.45, 2.75) is 6.92 Å². The lowest BCUT2D eigenvalue weighted by Gasteiger charge is -2.18. The van der Waals surface area contributed by atoms with E-state index in [0.29, 0.717) is 47.3 Å². The summed E-state index contributed by atoms with van der Waals surface area (Å²) in [6, 6.07) is 11.3. The fourth-order valence-corrected chi connectivity index (χ4v) is 2.78. The first-order valence-corrected chi connectivity index (χ1v) is 8.14. The zero-order chi connectivity index (χ0) is 18.1. The van der Waals surface area contributed by atoms with Crippen LogP contribution in [0, 0.1) is 12.7 Å². The third-order valence-corrected chi connectivity index (χ3v) is 4.14. The Labute approximate surface area is 149 Å². The Morgan fingerprint density at radius 1 is 1.15 bits per heavy atom. The Bertz CT molecular complexity index is 984. The number of ether oxygens (including phenoxy) is 2. The molecule has 0 atom stereocenters. The van der Waals surface area contributed by atoms with Gasteiger partial charge >= 0.3 is 0 Å². The van der Waals surface area contributed by atoms with Gasteiger partial charge in [0.2, 0.25) is 0 Å². The van der Waals surface area contributed by atoms with E-state index in [1.165, 1.54) is 16.9 Å². The molecule has 0 fully saturated rings. The van der Waals surface area contributed by atoms with E-state index in [9.17, 15) is 9.18 Å². The maximum Gasteiger partial charge on any atom is 0.255 e. The molecule has 0 saturated heterocycles. The highest BCUT2D eigenvalue weighted by Crippen LogP contribution is 2.31. The molecule has 0 radical (unpaired) electrons. The van der Waals surface area contributed by atoms with E-state index in [1.807, 2.05) is 0 Å². The molecule has 1 aromatic heterocycles. The average Bonchev–Trinajstić information content (AvgIpc) is 3.02. The molecule has 1 amide bonds. The summed E-state index contributed by atoms with van der Waals surface area (Å²) in [6.45, 7) is 2.71. The summed E-state index contributed by atoms with van der Waals surface area (Å²) in [7, 11) is 0. The lowest BCUT2D eigenvalue weighted by Crippen LogP contribution is -2.17. The minimum absolute atomic E-state index is 0.307.